The van der Waals surface area contributed by atoms with Crippen LogP contribution in [-0.2, 0) is 6.42 Å². The fraction of sp³-hybridized carbons (Fsp3) is 0.400. The number of nitrogens with one attached hydrogen (secondary N) is 1. The molecule has 1 rings (SSSR count). The van der Waals surface area contributed by atoms with Gasteiger partial charge in [-0.15, -0.1) is 0 Å². The van der Waals surface area contributed by atoms with E-state index in [1.807, 2.05) is 6.92 Å². The van der Waals surface area contributed by atoms with Gasteiger partial charge in [0.05, 0.1) is 4.92 Å². The molecule has 0 bridgehead atoms. The topological polar surface area (TPSA) is 71.8 Å². The van der Waals surface area contributed by atoms with Crippen molar-refractivity contribution in [3.63, 3.8) is 0 Å². The molecule has 1 N–H and O–H groups in total. The smallest absolute Gasteiger partial charge is 0.274 e. The second-order valence-corrected chi connectivity index (χ2v) is 2.70. The predicted molar refractivity (Wildman–Crippen MR) is 42.3 cm³/mol. The fourth-order valence-electron chi connectivity index (χ4n) is 0.779. The number of hydrogen-bond acceptors (Lipinski definition) is 3. The summed E-state index contributed by atoms with van der Waals surface area (Å²) >= 11 is 2.97. The molecule has 0 saturated carbocycles. The van der Waals surface area contributed by atoms with Gasteiger partial charge in [-0.1, -0.05) is 6.92 Å². The lowest BCUT2D eigenvalue weighted by atomic mass is 10.3. The highest BCUT2D eigenvalue weighted by atomic mass is 79.9. The van der Waals surface area contributed by atoms with Crippen LogP contribution in [0.25, 0.3) is 0 Å². The van der Waals surface area contributed by atoms with Crippen LogP contribution in [-0.4, -0.2) is 15.1 Å². The van der Waals surface area contributed by atoms with Crippen LogP contribution in [0.5, 0.6) is 0 Å². The molecule has 1 aromatic heterocycles. The first-order chi connectivity index (χ1) is 5.16. The largest absolute Gasteiger partial charge is 0.324 e. The number of aryl methyl sites for hydroxylation is 1. The van der Waals surface area contributed by atoms with Crippen LogP contribution < -0.4 is 0 Å². The van der Waals surface area contributed by atoms with Gasteiger partial charge < -0.3 is 0 Å². The molecule has 6 heteroatoms. The molecule has 0 aliphatic heterocycles. The first-order valence-electron chi connectivity index (χ1n) is 3.04. The third kappa shape index (κ3) is 1.40. The van der Waals surface area contributed by atoms with Crippen molar-refractivity contribution in [1.82, 2.24) is 10.2 Å². The highest BCUT2D eigenvalue weighted by Gasteiger charge is 2.20. The monoisotopic (exact) mass is 219 g/mol. The minimum Gasteiger partial charge on any atom is -0.274 e. The lowest BCUT2D eigenvalue weighted by Crippen LogP contribution is -1.91. The molecule has 0 aliphatic carbocycles. The minimum absolute atomic E-state index is 0.0347. The highest BCUT2D eigenvalue weighted by Crippen LogP contribution is 2.25. The van der Waals surface area contributed by atoms with Crippen molar-refractivity contribution in [1.29, 1.82) is 0 Å². The van der Waals surface area contributed by atoms with Gasteiger partial charge in [-0.25, -0.2) is 0 Å². The van der Waals surface area contributed by atoms with Crippen LogP contribution in [0, 0.1) is 10.1 Å². The molecule has 1 aromatic rings. The van der Waals surface area contributed by atoms with Crippen LogP contribution in [0.3, 0.4) is 0 Å². The quantitative estimate of drug-likeness (QED) is 0.608. The minimum atomic E-state index is -0.452. The molecule has 0 spiro atoms. The molecule has 0 atom stereocenters. The molecule has 11 heavy (non-hydrogen) atoms. The summed E-state index contributed by atoms with van der Waals surface area (Å²) in [5, 5.41) is 16.6. The summed E-state index contributed by atoms with van der Waals surface area (Å²) in [6.45, 7) is 1.83. The van der Waals surface area contributed by atoms with Gasteiger partial charge in [0.15, 0.2) is 0 Å². The third-order valence-corrected chi connectivity index (χ3v) is 1.86. The van der Waals surface area contributed by atoms with E-state index < -0.39 is 4.92 Å². The summed E-state index contributed by atoms with van der Waals surface area (Å²) in [7, 11) is 0. The molecule has 0 saturated heterocycles. The molecule has 0 unspecified atom stereocenters. The van der Waals surface area contributed by atoms with E-state index in [4.69, 9.17) is 0 Å². The Morgan fingerprint density at radius 2 is 2.45 bits per heavy atom. The normalized spacial score (nSPS) is 10.0. The standard InChI is InChI=1S/C5H6BrN3O2/c1-2-3-4(9(10)11)5(6)8-7-3/h2H2,1H3,(H,7,8). The van der Waals surface area contributed by atoms with E-state index in [0.29, 0.717) is 12.1 Å². The van der Waals surface area contributed by atoms with E-state index in [0.717, 1.165) is 0 Å². The Bertz CT molecular complexity index is 283. The van der Waals surface area contributed by atoms with E-state index in [1.54, 1.807) is 0 Å². The molecule has 0 aromatic carbocycles. The maximum absolute atomic E-state index is 10.4. The van der Waals surface area contributed by atoms with Crippen molar-refractivity contribution in [3.8, 4) is 0 Å². The summed E-state index contributed by atoms with van der Waals surface area (Å²) < 4.78 is 0.263. The molecule has 1 heterocycles. The first kappa shape index (κ1) is 8.19. The van der Waals surface area contributed by atoms with Crippen molar-refractivity contribution in [2.45, 2.75) is 13.3 Å². The van der Waals surface area contributed by atoms with Crippen molar-refractivity contribution >= 4 is 21.6 Å². The van der Waals surface area contributed by atoms with Crippen molar-refractivity contribution in [2.75, 3.05) is 0 Å². The van der Waals surface area contributed by atoms with Gasteiger partial charge >= 0.3 is 5.69 Å². The number of halogens is 1. The first-order valence-corrected chi connectivity index (χ1v) is 3.83. The summed E-state index contributed by atoms with van der Waals surface area (Å²) in [5.74, 6) is 0. The van der Waals surface area contributed by atoms with E-state index in [1.165, 1.54) is 0 Å². The van der Waals surface area contributed by atoms with Crippen LogP contribution in [0.1, 0.15) is 12.6 Å². The van der Waals surface area contributed by atoms with Crippen molar-refractivity contribution in [3.05, 3.63) is 20.4 Å². The summed E-state index contributed by atoms with van der Waals surface area (Å²) in [6, 6.07) is 0. The molecule has 5 nitrogen and oxygen atoms in total. The van der Waals surface area contributed by atoms with Crippen LogP contribution in [0.2, 0.25) is 0 Å². The zero-order chi connectivity index (χ0) is 8.43. The number of aromatic nitrogens is 2. The van der Waals surface area contributed by atoms with Gasteiger partial charge in [-0.05, 0) is 22.4 Å². The maximum atomic E-state index is 10.4. The maximum Gasteiger partial charge on any atom is 0.324 e. The van der Waals surface area contributed by atoms with E-state index in [9.17, 15) is 10.1 Å². The highest BCUT2D eigenvalue weighted by molar-refractivity contribution is 9.10. The number of nitro groups is 1. The SMILES string of the molecule is CCc1[nH]nc(Br)c1[N+](=O)[O-]. The van der Waals surface area contributed by atoms with Crippen LogP contribution in [0.4, 0.5) is 5.69 Å². The lowest BCUT2D eigenvalue weighted by Gasteiger charge is -1.88. The average molecular weight is 220 g/mol. The van der Waals surface area contributed by atoms with Crippen LogP contribution >= 0.6 is 15.9 Å². The molecular formula is C5H6BrN3O2. The van der Waals surface area contributed by atoms with Gasteiger partial charge in [0.2, 0.25) is 4.60 Å². The Kier molecular flexibility index (Phi) is 2.23. The van der Waals surface area contributed by atoms with Crippen LogP contribution in [0.15, 0.2) is 4.60 Å². The van der Waals surface area contributed by atoms with Crippen molar-refractivity contribution in [2.24, 2.45) is 0 Å². The number of hydrogen-bond donors (Lipinski definition) is 1. The molecular weight excluding hydrogens is 214 g/mol. The Labute approximate surface area is 71.1 Å². The fourth-order valence-corrected chi connectivity index (χ4v) is 1.25. The molecule has 0 aliphatic rings. The second-order valence-electron chi connectivity index (χ2n) is 1.95. The number of H-pyrrole nitrogens is 1. The summed E-state index contributed by atoms with van der Waals surface area (Å²) in [4.78, 5) is 9.93. The number of rotatable bonds is 2. The Morgan fingerprint density at radius 1 is 1.82 bits per heavy atom. The lowest BCUT2D eigenvalue weighted by molar-refractivity contribution is -0.386. The molecule has 0 amide bonds. The zero-order valence-electron chi connectivity index (χ0n) is 5.80. The zero-order valence-corrected chi connectivity index (χ0v) is 7.38. The van der Waals surface area contributed by atoms with E-state index in [-0.39, 0.29) is 10.3 Å². The summed E-state index contributed by atoms with van der Waals surface area (Å²) in [5.41, 5.74) is 0.578. The Balaban J connectivity index is 3.17. The van der Waals surface area contributed by atoms with Gasteiger partial charge in [-0.3, -0.25) is 15.2 Å². The Morgan fingerprint density at radius 3 is 2.82 bits per heavy atom. The second kappa shape index (κ2) is 3.00. The van der Waals surface area contributed by atoms with Crippen molar-refractivity contribution < 1.29 is 4.92 Å². The van der Waals surface area contributed by atoms with E-state index >= 15 is 0 Å². The summed E-state index contributed by atoms with van der Waals surface area (Å²) in [6.07, 6.45) is 0.578. The Hall–Kier alpha value is -0.910. The van der Waals surface area contributed by atoms with Gasteiger partial charge in [0, 0.05) is 0 Å². The molecule has 0 radical (unpaired) electrons. The van der Waals surface area contributed by atoms with E-state index in [2.05, 4.69) is 26.1 Å². The van der Waals surface area contributed by atoms with Gasteiger partial charge in [0.25, 0.3) is 0 Å². The number of nitrogens with zero attached hydrogens (tertiary/aromatic N) is 2. The third-order valence-electron chi connectivity index (χ3n) is 1.31. The number of aromatic amines is 1. The van der Waals surface area contributed by atoms with Gasteiger partial charge in [0.1, 0.15) is 5.69 Å². The molecule has 60 valence electrons. The molecule has 0 fully saturated rings. The van der Waals surface area contributed by atoms with Gasteiger partial charge in [-0.2, -0.15) is 5.10 Å². The average Bonchev–Trinajstić information content (AvgIpc) is 2.30. The predicted octanol–water partition coefficient (Wildman–Crippen LogP) is 1.64.